The standard InChI is InChI=1S/C12H17NO/c1-3-11-4-6-12(7-5-11)14-9-8-10(2)13/h4-7H,2-3,8-9,13H2,1H3. The third kappa shape index (κ3) is 3.52. The molecule has 0 spiro atoms. The summed E-state index contributed by atoms with van der Waals surface area (Å²) >= 11 is 0. The van der Waals surface area contributed by atoms with E-state index in [2.05, 4.69) is 25.6 Å². The molecule has 0 heterocycles. The minimum Gasteiger partial charge on any atom is -0.493 e. The van der Waals surface area contributed by atoms with Gasteiger partial charge in [0.05, 0.1) is 6.61 Å². The van der Waals surface area contributed by atoms with Gasteiger partial charge in [0.1, 0.15) is 5.75 Å². The summed E-state index contributed by atoms with van der Waals surface area (Å²) in [5, 5.41) is 0. The molecule has 76 valence electrons. The van der Waals surface area contributed by atoms with E-state index >= 15 is 0 Å². The van der Waals surface area contributed by atoms with Crippen LogP contribution >= 0.6 is 0 Å². The van der Waals surface area contributed by atoms with Crippen LogP contribution in [0.2, 0.25) is 0 Å². The van der Waals surface area contributed by atoms with E-state index < -0.39 is 0 Å². The van der Waals surface area contributed by atoms with Crippen LogP contribution in [0.25, 0.3) is 0 Å². The Labute approximate surface area is 85.4 Å². The van der Waals surface area contributed by atoms with Crippen LogP contribution in [0.15, 0.2) is 36.5 Å². The van der Waals surface area contributed by atoms with Crippen molar-refractivity contribution < 1.29 is 4.74 Å². The molecule has 0 bridgehead atoms. The summed E-state index contributed by atoms with van der Waals surface area (Å²) in [6.45, 7) is 6.34. The van der Waals surface area contributed by atoms with Crippen LogP contribution in [0.1, 0.15) is 18.9 Å². The number of hydrogen-bond donors (Lipinski definition) is 1. The Kier molecular flexibility index (Phi) is 4.05. The van der Waals surface area contributed by atoms with Crippen molar-refractivity contribution in [2.75, 3.05) is 6.61 Å². The van der Waals surface area contributed by atoms with E-state index in [4.69, 9.17) is 10.5 Å². The van der Waals surface area contributed by atoms with Crippen molar-refractivity contribution in [1.82, 2.24) is 0 Å². The van der Waals surface area contributed by atoms with Gasteiger partial charge in [-0.05, 0) is 24.1 Å². The molecule has 0 aliphatic rings. The molecule has 1 aromatic carbocycles. The van der Waals surface area contributed by atoms with Crippen LogP contribution in [0.5, 0.6) is 5.75 Å². The van der Waals surface area contributed by atoms with Crippen molar-refractivity contribution in [1.29, 1.82) is 0 Å². The van der Waals surface area contributed by atoms with Gasteiger partial charge in [0.2, 0.25) is 0 Å². The number of rotatable bonds is 5. The SMILES string of the molecule is C=C(N)CCOc1ccc(CC)cc1. The van der Waals surface area contributed by atoms with Crippen LogP contribution in [-0.2, 0) is 6.42 Å². The van der Waals surface area contributed by atoms with Crippen LogP contribution < -0.4 is 10.5 Å². The summed E-state index contributed by atoms with van der Waals surface area (Å²) < 4.78 is 5.48. The van der Waals surface area contributed by atoms with E-state index in [0.717, 1.165) is 12.2 Å². The van der Waals surface area contributed by atoms with Gasteiger partial charge < -0.3 is 10.5 Å². The Hall–Kier alpha value is -1.44. The number of hydrogen-bond acceptors (Lipinski definition) is 2. The Bertz CT molecular complexity index is 290. The predicted molar refractivity (Wildman–Crippen MR) is 59.3 cm³/mol. The molecule has 2 nitrogen and oxygen atoms in total. The summed E-state index contributed by atoms with van der Waals surface area (Å²) in [7, 11) is 0. The first-order valence-corrected chi connectivity index (χ1v) is 4.87. The molecule has 0 aliphatic heterocycles. The molecule has 1 rings (SSSR count). The fraction of sp³-hybridized carbons (Fsp3) is 0.333. The molecule has 0 aromatic heterocycles. The molecule has 0 saturated carbocycles. The molecule has 0 atom stereocenters. The summed E-state index contributed by atoms with van der Waals surface area (Å²) in [5.41, 5.74) is 7.41. The first-order valence-electron chi connectivity index (χ1n) is 4.87. The second-order valence-electron chi connectivity index (χ2n) is 3.25. The van der Waals surface area contributed by atoms with E-state index in [1.807, 2.05) is 12.1 Å². The number of benzene rings is 1. The quantitative estimate of drug-likeness (QED) is 0.776. The van der Waals surface area contributed by atoms with Crippen LogP contribution in [-0.4, -0.2) is 6.61 Å². The molecule has 0 aliphatic carbocycles. The summed E-state index contributed by atoms with van der Waals surface area (Å²) in [5.74, 6) is 0.892. The molecule has 0 amide bonds. The lowest BCUT2D eigenvalue weighted by Crippen LogP contribution is -2.03. The Morgan fingerprint density at radius 2 is 2.00 bits per heavy atom. The van der Waals surface area contributed by atoms with Gasteiger partial charge in [-0.1, -0.05) is 25.6 Å². The molecular formula is C12H17NO. The fourth-order valence-corrected chi connectivity index (χ4v) is 1.12. The summed E-state index contributed by atoms with van der Waals surface area (Å²) in [4.78, 5) is 0. The van der Waals surface area contributed by atoms with Crippen LogP contribution in [0.3, 0.4) is 0 Å². The Morgan fingerprint density at radius 1 is 1.36 bits per heavy atom. The largest absolute Gasteiger partial charge is 0.493 e. The second-order valence-corrected chi connectivity index (χ2v) is 3.25. The van der Waals surface area contributed by atoms with Crippen molar-refractivity contribution in [3.8, 4) is 5.75 Å². The van der Waals surface area contributed by atoms with Gasteiger partial charge in [-0.2, -0.15) is 0 Å². The van der Waals surface area contributed by atoms with Gasteiger partial charge >= 0.3 is 0 Å². The smallest absolute Gasteiger partial charge is 0.119 e. The predicted octanol–water partition coefficient (Wildman–Crippen LogP) is 2.49. The third-order valence-electron chi connectivity index (χ3n) is 2.02. The highest BCUT2D eigenvalue weighted by atomic mass is 16.5. The van der Waals surface area contributed by atoms with Gasteiger partial charge in [0, 0.05) is 12.1 Å². The van der Waals surface area contributed by atoms with E-state index in [9.17, 15) is 0 Å². The lowest BCUT2D eigenvalue weighted by Gasteiger charge is -2.06. The van der Waals surface area contributed by atoms with E-state index in [1.165, 1.54) is 5.56 Å². The maximum absolute atomic E-state index is 5.48. The van der Waals surface area contributed by atoms with E-state index in [1.54, 1.807) is 0 Å². The molecule has 2 heteroatoms. The maximum atomic E-state index is 5.48. The molecule has 0 saturated heterocycles. The van der Waals surface area contributed by atoms with Gasteiger partial charge in [-0.3, -0.25) is 0 Å². The molecule has 0 fully saturated rings. The third-order valence-corrected chi connectivity index (χ3v) is 2.02. The maximum Gasteiger partial charge on any atom is 0.119 e. The summed E-state index contributed by atoms with van der Waals surface area (Å²) in [6.07, 6.45) is 1.76. The highest BCUT2D eigenvalue weighted by Gasteiger charge is 1.94. The molecule has 0 radical (unpaired) electrons. The van der Waals surface area contributed by atoms with Gasteiger partial charge in [0.15, 0.2) is 0 Å². The highest BCUT2D eigenvalue weighted by Crippen LogP contribution is 2.12. The minimum atomic E-state index is 0.598. The lowest BCUT2D eigenvalue weighted by molar-refractivity contribution is 0.321. The van der Waals surface area contributed by atoms with Crippen molar-refractivity contribution in [2.24, 2.45) is 5.73 Å². The zero-order valence-corrected chi connectivity index (χ0v) is 8.62. The van der Waals surface area contributed by atoms with Crippen molar-refractivity contribution >= 4 is 0 Å². The first-order chi connectivity index (χ1) is 6.72. The van der Waals surface area contributed by atoms with Crippen molar-refractivity contribution in [3.63, 3.8) is 0 Å². The molecule has 1 aromatic rings. The second kappa shape index (κ2) is 5.32. The molecule has 14 heavy (non-hydrogen) atoms. The van der Waals surface area contributed by atoms with Crippen LogP contribution in [0.4, 0.5) is 0 Å². The Morgan fingerprint density at radius 3 is 2.50 bits per heavy atom. The first kappa shape index (κ1) is 10.6. The average molecular weight is 191 g/mol. The number of aryl methyl sites for hydroxylation is 1. The van der Waals surface area contributed by atoms with E-state index in [-0.39, 0.29) is 0 Å². The lowest BCUT2D eigenvalue weighted by atomic mass is 10.2. The van der Waals surface area contributed by atoms with Gasteiger partial charge in [-0.25, -0.2) is 0 Å². The normalized spacial score (nSPS) is 9.79. The Balaban J connectivity index is 2.40. The minimum absolute atomic E-state index is 0.598. The fourth-order valence-electron chi connectivity index (χ4n) is 1.12. The topological polar surface area (TPSA) is 35.2 Å². The van der Waals surface area contributed by atoms with E-state index in [0.29, 0.717) is 18.7 Å². The molecular weight excluding hydrogens is 174 g/mol. The highest BCUT2D eigenvalue weighted by molar-refractivity contribution is 5.27. The number of ether oxygens (including phenoxy) is 1. The average Bonchev–Trinajstić information content (AvgIpc) is 2.18. The summed E-state index contributed by atoms with van der Waals surface area (Å²) in [6, 6.07) is 8.12. The zero-order valence-electron chi connectivity index (χ0n) is 8.62. The monoisotopic (exact) mass is 191 g/mol. The van der Waals surface area contributed by atoms with Gasteiger partial charge in [0.25, 0.3) is 0 Å². The van der Waals surface area contributed by atoms with Crippen LogP contribution in [0, 0.1) is 0 Å². The van der Waals surface area contributed by atoms with Crippen molar-refractivity contribution in [3.05, 3.63) is 42.1 Å². The zero-order chi connectivity index (χ0) is 10.4. The molecule has 0 unspecified atom stereocenters. The molecule has 2 N–H and O–H groups in total. The van der Waals surface area contributed by atoms with Crippen molar-refractivity contribution in [2.45, 2.75) is 19.8 Å². The van der Waals surface area contributed by atoms with Gasteiger partial charge in [-0.15, -0.1) is 0 Å². The number of nitrogens with two attached hydrogens (primary N) is 1.